The molecule has 14 heavy (non-hydrogen) atoms. The Hall–Kier alpha value is 0.0543. The maximum absolute atomic E-state index is 2.23. The third-order valence-electron chi connectivity index (χ3n) is 1.81. The first kappa shape index (κ1) is 12.1. The van der Waals surface area contributed by atoms with Crippen molar-refractivity contribution in [2.75, 3.05) is 0 Å². The molecule has 0 N–H and O–H groups in total. The molecule has 0 fully saturated rings. The summed E-state index contributed by atoms with van der Waals surface area (Å²) in [6, 6.07) is 10.8. The average molecular weight is 259 g/mol. The summed E-state index contributed by atoms with van der Waals surface area (Å²) in [6.07, 6.45) is 7.76. The first-order valence-electron chi connectivity index (χ1n) is 4.29. The van der Waals surface area contributed by atoms with E-state index in [2.05, 4.69) is 57.9 Å². The summed E-state index contributed by atoms with van der Waals surface area (Å²) in [4.78, 5) is 1.53. The predicted molar refractivity (Wildman–Crippen MR) is 62.8 cm³/mol. The van der Waals surface area contributed by atoms with Gasteiger partial charge in [0, 0.05) is 0 Å². The number of halogens is 1. The number of hydrogen-bond acceptors (Lipinski definition) is 1. The Morgan fingerprint density at radius 3 is 2.57 bits per heavy atom. The minimum atomic E-state index is -0.0100. The molecule has 1 aromatic rings. The zero-order chi connectivity index (χ0) is 8.93. The average Bonchev–Trinajstić information content (AvgIpc) is 2.69. The Morgan fingerprint density at radius 2 is 1.93 bits per heavy atom. The Labute approximate surface area is 103 Å². The van der Waals surface area contributed by atoms with Crippen molar-refractivity contribution >= 4 is 25.6 Å². The molecule has 1 aliphatic carbocycles. The minimum absolute atomic E-state index is 0. The fourth-order valence-corrected chi connectivity index (χ4v) is 4.66. The molecular formula is C11H11ClSTi. The number of benzene rings is 1. The van der Waals surface area contributed by atoms with E-state index in [0.717, 1.165) is 6.42 Å². The van der Waals surface area contributed by atoms with Gasteiger partial charge in [-0.15, -0.1) is 12.4 Å². The monoisotopic (exact) mass is 258 g/mol. The number of rotatable bonds is 3. The van der Waals surface area contributed by atoms with E-state index in [0.29, 0.717) is 0 Å². The standard InChI is InChI=1S/C6H5.C5H6S.ClH.Ti/c1-2-4-6-5-3-1;6-5-3-1-2-4-5;;/h1-5H;1-3,6H,4H2;1H;/q;;;+1/p-1. The molecule has 0 saturated carbocycles. The fraction of sp³-hybridized carbons (Fsp3) is 0.0909. The molecule has 0 nitrogen and oxygen atoms in total. The van der Waals surface area contributed by atoms with Gasteiger partial charge in [-0.25, -0.2) is 0 Å². The molecule has 0 bridgehead atoms. The van der Waals surface area contributed by atoms with E-state index in [1.165, 1.54) is 8.77 Å². The summed E-state index contributed by atoms with van der Waals surface area (Å²) in [5.74, 6) is 0. The molecule has 0 unspecified atom stereocenters. The Balaban J connectivity index is 0.000000980. The van der Waals surface area contributed by atoms with Gasteiger partial charge in [-0.1, -0.05) is 0 Å². The normalized spacial score (nSPS) is 13.3. The van der Waals surface area contributed by atoms with Crippen LogP contribution >= 0.6 is 21.8 Å². The van der Waals surface area contributed by atoms with Crippen molar-refractivity contribution in [3.8, 4) is 0 Å². The molecular weight excluding hydrogens is 248 g/mol. The predicted octanol–water partition coefficient (Wildman–Crippen LogP) is 3.31. The molecule has 1 aromatic carbocycles. The van der Waals surface area contributed by atoms with Crippen molar-refractivity contribution in [1.29, 1.82) is 0 Å². The van der Waals surface area contributed by atoms with Crippen molar-refractivity contribution in [1.82, 2.24) is 0 Å². The van der Waals surface area contributed by atoms with Gasteiger partial charge in [-0.2, -0.15) is 0 Å². The third-order valence-corrected chi connectivity index (χ3v) is 6.04. The smallest absolute Gasteiger partial charge is 0.147 e. The second-order valence-electron chi connectivity index (χ2n) is 2.84. The van der Waals surface area contributed by atoms with E-state index in [4.69, 9.17) is 0 Å². The van der Waals surface area contributed by atoms with Crippen LogP contribution in [0.3, 0.4) is 0 Å². The summed E-state index contributed by atoms with van der Waals surface area (Å²) in [7, 11) is 2.06. The molecule has 0 radical (unpaired) electrons. The molecule has 3 heteroatoms. The third kappa shape index (κ3) is 3.66. The first-order valence-corrected chi connectivity index (χ1v) is 7.80. The summed E-state index contributed by atoms with van der Waals surface area (Å²) in [5, 5.41) is 0. The van der Waals surface area contributed by atoms with Gasteiger partial charge >= 0.3 is 91.0 Å². The van der Waals surface area contributed by atoms with E-state index in [-0.39, 0.29) is 30.3 Å². The fourth-order valence-electron chi connectivity index (χ4n) is 1.13. The van der Waals surface area contributed by atoms with E-state index in [9.17, 15) is 0 Å². The van der Waals surface area contributed by atoms with Gasteiger partial charge in [0.05, 0.1) is 0 Å². The molecule has 0 atom stereocenters. The molecule has 0 heterocycles. The van der Waals surface area contributed by atoms with Crippen molar-refractivity contribution in [3.63, 3.8) is 0 Å². The van der Waals surface area contributed by atoms with E-state index in [1.54, 1.807) is 0 Å². The van der Waals surface area contributed by atoms with Gasteiger partial charge in [-0.05, 0) is 0 Å². The Kier molecular flexibility index (Phi) is 5.65. The van der Waals surface area contributed by atoms with Crippen LogP contribution in [0.15, 0.2) is 53.5 Å². The minimum Gasteiger partial charge on any atom is -0.147 e. The van der Waals surface area contributed by atoms with E-state index < -0.39 is 0 Å². The molecule has 0 amide bonds. The maximum Gasteiger partial charge on any atom is -0.147 e. The van der Waals surface area contributed by atoms with Gasteiger partial charge in [-0.3, -0.25) is 0 Å². The van der Waals surface area contributed by atoms with Crippen LogP contribution in [0.4, 0.5) is 0 Å². The summed E-state index contributed by atoms with van der Waals surface area (Å²) in [5.41, 5.74) is 0. The van der Waals surface area contributed by atoms with Crippen LogP contribution in [0, 0.1) is 0 Å². The van der Waals surface area contributed by atoms with Crippen molar-refractivity contribution in [2.24, 2.45) is 0 Å². The van der Waals surface area contributed by atoms with Gasteiger partial charge in [0.2, 0.25) is 0 Å². The van der Waals surface area contributed by atoms with E-state index in [1.807, 2.05) is 0 Å². The first-order chi connectivity index (χ1) is 6.45. The molecule has 1 aliphatic rings. The van der Waals surface area contributed by atoms with Crippen LogP contribution in [0.25, 0.3) is 0 Å². The van der Waals surface area contributed by atoms with Crippen molar-refractivity contribution in [3.05, 3.63) is 53.5 Å². The largest absolute Gasteiger partial charge is 0.147 e. The van der Waals surface area contributed by atoms with Crippen LogP contribution < -0.4 is 3.87 Å². The van der Waals surface area contributed by atoms with Crippen molar-refractivity contribution < 1.29 is 17.9 Å². The van der Waals surface area contributed by atoms with Gasteiger partial charge in [0.15, 0.2) is 0 Å². The van der Waals surface area contributed by atoms with Crippen LogP contribution in [0.1, 0.15) is 6.42 Å². The van der Waals surface area contributed by atoms with Crippen molar-refractivity contribution in [2.45, 2.75) is 6.42 Å². The van der Waals surface area contributed by atoms with Crippen LogP contribution in [0.5, 0.6) is 0 Å². The summed E-state index contributed by atoms with van der Waals surface area (Å²) < 4.78 is 1.53. The van der Waals surface area contributed by atoms with Gasteiger partial charge in [0.25, 0.3) is 0 Å². The van der Waals surface area contributed by atoms with E-state index >= 15 is 0 Å². The number of hydrogen-bond donors (Lipinski definition) is 0. The zero-order valence-corrected chi connectivity index (χ0v) is 10.8. The number of allylic oxidation sites excluding steroid dienone is 4. The maximum atomic E-state index is 2.23. The van der Waals surface area contributed by atoms with Crippen LogP contribution in [-0.2, 0) is 17.9 Å². The SMILES string of the molecule is C1=CCC([S][Ti][c]2ccccc2)=C1.Cl. The molecule has 0 aliphatic heterocycles. The summed E-state index contributed by atoms with van der Waals surface area (Å²) in [6.45, 7) is 0. The zero-order valence-electron chi connectivity index (χ0n) is 7.64. The molecule has 2 rings (SSSR count). The van der Waals surface area contributed by atoms with Gasteiger partial charge < -0.3 is 0 Å². The Bertz CT molecular complexity index is 332. The Morgan fingerprint density at radius 1 is 1.14 bits per heavy atom. The second kappa shape index (κ2) is 6.52. The quantitative estimate of drug-likeness (QED) is 0.750. The van der Waals surface area contributed by atoms with Gasteiger partial charge in [0.1, 0.15) is 0 Å². The van der Waals surface area contributed by atoms with Crippen LogP contribution in [0.2, 0.25) is 0 Å². The molecule has 0 saturated heterocycles. The second-order valence-corrected chi connectivity index (χ2v) is 6.58. The molecule has 72 valence electrons. The molecule has 0 spiro atoms. The summed E-state index contributed by atoms with van der Waals surface area (Å²) >= 11 is -0.0100. The van der Waals surface area contributed by atoms with Crippen LogP contribution in [-0.4, -0.2) is 0 Å². The topological polar surface area (TPSA) is 0 Å². The molecule has 0 aromatic heterocycles.